The van der Waals surface area contributed by atoms with E-state index in [0.717, 1.165) is 25.0 Å². The van der Waals surface area contributed by atoms with Crippen molar-refractivity contribution in [2.45, 2.75) is 25.4 Å². The number of rotatable bonds is 4. The Kier molecular flexibility index (Phi) is 4.15. The third kappa shape index (κ3) is 3.20. The molecule has 1 aliphatic heterocycles. The Labute approximate surface area is 113 Å². The molecular formula is C13H13F4NO2. The predicted octanol–water partition coefficient (Wildman–Crippen LogP) is 3.16. The van der Waals surface area contributed by atoms with Gasteiger partial charge in [-0.1, -0.05) is 0 Å². The number of nitrogens with zero attached hydrogens (tertiary/aromatic N) is 1. The van der Waals surface area contributed by atoms with Gasteiger partial charge in [0.2, 0.25) is 0 Å². The quantitative estimate of drug-likeness (QED) is 0.797. The molecule has 20 heavy (non-hydrogen) atoms. The summed E-state index contributed by atoms with van der Waals surface area (Å²) in [6, 6.07) is 4.74. The van der Waals surface area contributed by atoms with Crippen LogP contribution in [0.3, 0.4) is 0 Å². The summed E-state index contributed by atoms with van der Waals surface area (Å²) in [6.45, 7) is 1.33. The fourth-order valence-electron chi connectivity index (χ4n) is 1.97. The Bertz CT molecular complexity index is 470. The minimum Gasteiger partial charge on any atom is -0.428 e. The molecule has 0 N–H and O–H groups in total. The van der Waals surface area contributed by atoms with Crippen LogP contribution in [0, 0.1) is 0 Å². The van der Waals surface area contributed by atoms with E-state index >= 15 is 0 Å². The second kappa shape index (κ2) is 5.68. The molecule has 0 aromatic heterocycles. The lowest BCUT2D eigenvalue weighted by atomic mass is 10.2. The van der Waals surface area contributed by atoms with Gasteiger partial charge in [-0.15, -0.1) is 0 Å². The topological polar surface area (TPSA) is 29.5 Å². The minimum atomic E-state index is -4.54. The minimum absolute atomic E-state index is 0.199. The molecule has 110 valence electrons. The molecular weight excluding hydrogens is 278 g/mol. The monoisotopic (exact) mass is 291 g/mol. The van der Waals surface area contributed by atoms with Crippen LogP contribution in [0.2, 0.25) is 0 Å². The molecule has 2 rings (SSSR count). The van der Waals surface area contributed by atoms with Gasteiger partial charge in [0.25, 0.3) is 5.91 Å². The SMILES string of the molecule is O=C(c1ccc(OC(F)(F)C(F)F)cc1)N1CCCC1. The molecule has 0 aliphatic carbocycles. The normalized spacial score (nSPS) is 15.8. The summed E-state index contributed by atoms with van der Waals surface area (Å²) in [5, 5.41) is 0. The maximum absolute atomic E-state index is 12.7. The van der Waals surface area contributed by atoms with Crippen LogP contribution in [0.4, 0.5) is 17.6 Å². The molecule has 1 fully saturated rings. The highest BCUT2D eigenvalue weighted by Gasteiger charge is 2.43. The smallest absolute Gasteiger partial charge is 0.428 e. The third-order valence-electron chi connectivity index (χ3n) is 3.00. The molecule has 1 aliphatic rings. The van der Waals surface area contributed by atoms with Crippen molar-refractivity contribution in [1.82, 2.24) is 4.90 Å². The zero-order valence-electron chi connectivity index (χ0n) is 10.5. The van der Waals surface area contributed by atoms with Gasteiger partial charge in [0.05, 0.1) is 0 Å². The van der Waals surface area contributed by atoms with Gasteiger partial charge in [-0.25, -0.2) is 0 Å². The van der Waals surface area contributed by atoms with E-state index in [9.17, 15) is 22.4 Å². The highest BCUT2D eigenvalue weighted by molar-refractivity contribution is 5.94. The molecule has 3 nitrogen and oxygen atoms in total. The molecule has 1 amide bonds. The van der Waals surface area contributed by atoms with E-state index in [1.165, 1.54) is 12.1 Å². The van der Waals surface area contributed by atoms with Gasteiger partial charge in [0, 0.05) is 18.7 Å². The van der Waals surface area contributed by atoms with Gasteiger partial charge in [-0.3, -0.25) is 4.79 Å². The number of carbonyl (C=O) groups is 1. The first kappa shape index (κ1) is 14.6. The summed E-state index contributed by atoms with van der Waals surface area (Å²) >= 11 is 0. The summed E-state index contributed by atoms with van der Waals surface area (Å²) < 4.78 is 53.2. The molecule has 0 bridgehead atoms. The van der Waals surface area contributed by atoms with Crippen molar-refractivity contribution in [3.63, 3.8) is 0 Å². The highest BCUT2D eigenvalue weighted by Crippen LogP contribution is 2.27. The van der Waals surface area contributed by atoms with Crippen LogP contribution < -0.4 is 4.74 Å². The van der Waals surface area contributed by atoms with Gasteiger partial charge in [0.15, 0.2) is 0 Å². The van der Waals surface area contributed by atoms with Crippen molar-refractivity contribution >= 4 is 5.91 Å². The van der Waals surface area contributed by atoms with Gasteiger partial charge in [-0.05, 0) is 37.1 Å². The lowest BCUT2D eigenvalue weighted by Gasteiger charge is -2.18. The predicted molar refractivity (Wildman–Crippen MR) is 63.2 cm³/mol. The number of halogens is 4. The zero-order chi connectivity index (χ0) is 14.8. The highest BCUT2D eigenvalue weighted by atomic mass is 19.3. The summed E-state index contributed by atoms with van der Waals surface area (Å²) in [7, 11) is 0. The largest absolute Gasteiger partial charge is 0.461 e. The van der Waals surface area contributed by atoms with Crippen LogP contribution in [0.1, 0.15) is 23.2 Å². The first-order valence-corrected chi connectivity index (χ1v) is 6.14. The van der Waals surface area contributed by atoms with Crippen LogP contribution in [-0.4, -0.2) is 36.4 Å². The number of ether oxygens (including phenoxy) is 1. The van der Waals surface area contributed by atoms with Crippen molar-refractivity contribution in [2.75, 3.05) is 13.1 Å². The van der Waals surface area contributed by atoms with Crippen molar-refractivity contribution in [3.05, 3.63) is 29.8 Å². The number of carbonyl (C=O) groups excluding carboxylic acids is 1. The van der Waals surface area contributed by atoms with Crippen molar-refractivity contribution in [1.29, 1.82) is 0 Å². The van der Waals surface area contributed by atoms with Gasteiger partial charge in [-0.2, -0.15) is 17.6 Å². The first-order valence-electron chi connectivity index (χ1n) is 6.14. The van der Waals surface area contributed by atoms with E-state index in [0.29, 0.717) is 18.7 Å². The summed E-state index contributed by atoms with van der Waals surface area (Å²) in [6.07, 6.45) is -6.57. The van der Waals surface area contributed by atoms with Crippen LogP contribution in [0.5, 0.6) is 5.75 Å². The first-order chi connectivity index (χ1) is 9.40. The molecule has 1 aromatic carbocycles. The average Bonchev–Trinajstić information content (AvgIpc) is 2.92. The molecule has 1 heterocycles. The lowest BCUT2D eigenvalue weighted by Crippen LogP contribution is -2.33. The van der Waals surface area contributed by atoms with Gasteiger partial charge in [0.1, 0.15) is 5.75 Å². The van der Waals surface area contributed by atoms with Gasteiger partial charge >= 0.3 is 12.5 Å². The number of alkyl halides is 4. The summed E-state index contributed by atoms with van der Waals surface area (Å²) in [4.78, 5) is 13.6. The number of likely N-dealkylation sites (tertiary alicyclic amines) is 1. The lowest BCUT2D eigenvalue weighted by molar-refractivity contribution is -0.253. The van der Waals surface area contributed by atoms with Crippen molar-refractivity contribution < 1.29 is 27.1 Å². The van der Waals surface area contributed by atoms with E-state index in [4.69, 9.17) is 0 Å². The fraction of sp³-hybridized carbons (Fsp3) is 0.462. The fourth-order valence-corrected chi connectivity index (χ4v) is 1.97. The van der Waals surface area contributed by atoms with Gasteiger partial charge < -0.3 is 9.64 Å². The average molecular weight is 291 g/mol. The summed E-state index contributed by atoms with van der Waals surface area (Å²) in [5.74, 6) is -0.608. The maximum Gasteiger partial charge on any atom is 0.461 e. The number of benzene rings is 1. The van der Waals surface area contributed by atoms with E-state index in [2.05, 4.69) is 4.74 Å². The molecule has 1 saturated heterocycles. The van der Waals surface area contributed by atoms with Crippen molar-refractivity contribution in [3.8, 4) is 5.75 Å². The van der Waals surface area contributed by atoms with Crippen LogP contribution in [0.25, 0.3) is 0 Å². The Balaban J connectivity index is 2.04. The second-order valence-electron chi connectivity index (χ2n) is 4.49. The summed E-state index contributed by atoms with van der Waals surface area (Å²) in [5.41, 5.74) is 0.319. The Morgan fingerprint density at radius 2 is 1.70 bits per heavy atom. The molecule has 0 saturated carbocycles. The van der Waals surface area contributed by atoms with Crippen molar-refractivity contribution in [2.24, 2.45) is 0 Å². The van der Waals surface area contributed by atoms with Crippen LogP contribution >= 0.6 is 0 Å². The zero-order valence-corrected chi connectivity index (χ0v) is 10.5. The molecule has 0 spiro atoms. The molecule has 7 heteroatoms. The van der Waals surface area contributed by atoms with Crippen LogP contribution in [0.15, 0.2) is 24.3 Å². The molecule has 0 unspecified atom stereocenters. The Morgan fingerprint density at radius 3 is 2.20 bits per heavy atom. The van der Waals surface area contributed by atoms with E-state index in [1.807, 2.05) is 0 Å². The maximum atomic E-state index is 12.7. The molecule has 1 aromatic rings. The molecule has 0 radical (unpaired) electrons. The number of hydrogen-bond donors (Lipinski definition) is 0. The Hall–Kier alpha value is -1.79. The second-order valence-corrected chi connectivity index (χ2v) is 4.49. The van der Waals surface area contributed by atoms with E-state index < -0.39 is 18.3 Å². The number of hydrogen-bond acceptors (Lipinski definition) is 2. The third-order valence-corrected chi connectivity index (χ3v) is 3.00. The standard InChI is InChI=1S/C13H13F4NO2/c14-12(15)13(16,17)20-10-5-3-9(4-6-10)11(19)18-7-1-2-8-18/h3-6,12H,1-2,7-8H2. The van der Waals surface area contributed by atoms with Crippen LogP contribution in [-0.2, 0) is 0 Å². The van der Waals surface area contributed by atoms with E-state index in [1.54, 1.807) is 4.90 Å². The molecule has 0 atom stereocenters. The van der Waals surface area contributed by atoms with E-state index in [-0.39, 0.29) is 5.91 Å². The Morgan fingerprint density at radius 1 is 1.15 bits per heavy atom. The number of amides is 1.